The zero-order valence-electron chi connectivity index (χ0n) is 8.39. The van der Waals surface area contributed by atoms with Crippen molar-refractivity contribution in [2.75, 3.05) is 0 Å². The van der Waals surface area contributed by atoms with E-state index >= 15 is 0 Å². The first-order valence-electron chi connectivity index (χ1n) is 4.80. The largest absolute Gasteiger partial charge is 0.241 e. The Labute approximate surface area is 97.5 Å². The van der Waals surface area contributed by atoms with Gasteiger partial charge < -0.3 is 0 Å². The van der Waals surface area contributed by atoms with Crippen molar-refractivity contribution in [2.45, 2.75) is 12.8 Å². The number of hydrogen-bond donors (Lipinski definition) is 0. The van der Waals surface area contributed by atoms with E-state index in [9.17, 15) is 0 Å². The molecule has 0 spiro atoms. The maximum absolute atomic E-state index is 4.27. The first-order valence-corrected chi connectivity index (χ1v) is 5.59. The lowest BCUT2D eigenvalue weighted by atomic mass is 9.98. The van der Waals surface area contributed by atoms with Crippen molar-refractivity contribution in [2.24, 2.45) is 0 Å². The number of rotatable bonds is 2. The molecular weight excluding hydrogens is 252 g/mol. The zero-order chi connectivity index (χ0) is 10.7. The molecule has 0 unspecified atom stereocenters. The Kier molecular flexibility index (Phi) is 3.11. The van der Waals surface area contributed by atoms with Gasteiger partial charge in [-0.15, -0.1) is 0 Å². The summed E-state index contributed by atoms with van der Waals surface area (Å²) in [6.45, 7) is 2.14. The summed E-state index contributed by atoms with van der Waals surface area (Å²) in [7, 11) is 0. The molecule has 2 aromatic rings. The highest BCUT2D eigenvalue weighted by atomic mass is 79.9. The fourth-order valence-corrected chi connectivity index (χ4v) is 1.82. The third-order valence-electron chi connectivity index (χ3n) is 2.40. The first-order chi connectivity index (χ1) is 7.27. The van der Waals surface area contributed by atoms with Crippen molar-refractivity contribution < 1.29 is 0 Å². The third kappa shape index (κ3) is 2.42. The Morgan fingerprint density at radius 2 is 1.87 bits per heavy atom. The van der Waals surface area contributed by atoms with Crippen LogP contribution in [0.5, 0.6) is 0 Å². The van der Waals surface area contributed by atoms with Gasteiger partial charge in [-0.25, -0.2) is 9.97 Å². The van der Waals surface area contributed by atoms with E-state index in [4.69, 9.17) is 0 Å². The van der Waals surface area contributed by atoms with Gasteiger partial charge in [0, 0.05) is 5.92 Å². The molecule has 2 nitrogen and oxygen atoms in total. The Morgan fingerprint density at radius 3 is 2.53 bits per heavy atom. The molecular formula is C12H11BrN2. The smallest absolute Gasteiger partial charge is 0.116 e. The minimum absolute atomic E-state index is 0.297. The van der Waals surface area contributed by atoms with E-state index in [1.54, 1.807) is 6.33 Å². The highest BCUT2D eigenvalue weighted by molar-refractivity contribution is 9.10. The Bertz CT molecular complexity index is 442. The molecule has 2 rings (SSSR count). The zero-order valence-corrected chi connectivity index (χ0v) is 9.98. The molecule has 1 heterocycles. The summed E-state index contributed by atoms with van der Waals surface area (Å²) in [5.41, 5.74) is 2.30. The minimum atomic E-state index is 0.297. The number of aromatic nitrogens is 2. The van der Waals surface area contributed by atoms with Crippen LogP contribution in [0.1, 0.15) is 24.1 Å². The summed E-state index contributed by atoms with van der Waals surface area (Å²) in [6, 6.07) is 12.3. The number of benzene rings is 1. The monoisotopic (exact) mass is 262 g/mol. The number of hydrogen-bond acceptors (Lipinski definition) is 2. The standard InChI is InChI=1S/C12H11BrN2/c1-9(10-5-3-2-4-6-10)11-7-12(13)15-8-14-11/h2-9H,1H3/t9-/m1/s1. The normalized spacial score (nSPS) is 12.4. The summed E-state index contributed by atoms with van der Waals surface area (Å²) in [5.74, 6) is 0.297. The molecule has 0 amide bonds. The van der Waals surface area contributed by atoms with Crippen molar-refractivity contribution in [3.63, 3.8) is 0 Å². The Balaban J connectivity index is 2.32. The van der Waals surface area contributed by atoms with Gasteiger partial charge in [0.15, 0.2) is 0 Å². The SMILES string of the molecule is C[C@H](c1ccccc1)c1cc(Br)ncn1. The molecule has 0 saturated carbocycles. The van der Waals surface area contributed by atoms with Crippen molar-refractivity contribution in [1.29, 1.82) is 0 Å². The molecule has 1 aromatic carbocycles. The molecule has 0 bridgehead atoms. The molecule has 0 aliphatic rings. The van der Waals surface area contributed by atoms with E-state index in [0.29, 0.717) is 5.92 Å². The predicted octanol–water partition coefficient (Wildman–Crippen LogP) is 3.39. The molecule has 0 aliphatic heterocycles. The molecule has 1 atom stereocenters. The van der Waals surface area contributed by atoms with E-state index < -0.39 is 0 Å². The van der Waals surface area contributed by atoms with Gasteiger partial charge in [0.25, 0.3) is 0 Å². The second kappa shape index (κ2) is 4.53. The topological polar surface area (TPSA) is 25.8 Å². The highest BCUT2D eigenvalue weighted by Crippen LogP contribution is 2.22. The van der Waals surface area contributed by atoms with E-state index in [-0.39, 0.29) is 0 Å². The Hall–Kier alpha value is -1.22. The maximum Gasteiger partial charge on any atom is 0.116 e. The molecule has 0 aliphatic carbocycles. The van der Waals surface area contributed by atoms with Gasteiger partial charge in [-0.05, 0) is 27.6 Å². The fraction of sp³-hybridized carbons (Fsp3) is 0.167. The van der Waals surface area contributed by atoms with E-state index in [1.165, 1.54) is 5.56 Å². The summed E-state index contributed by atoms with van der Waals surface area (Å²) < 4.78 is 0.829. The predicted molar refractivity (Wildman–Crippen MR) is 63.7 cm³/mol. The lowest BCUT2D eigenvalue weighted by Gasteiger charge is -2.10. The second-order valence-electron chi connectivity index (χ2n) is 3.40. The highest BCUT2D eigenvalue weighted by Gasteiger charge is 2.09. The van der Waals surface area contributed by atoms with Gasteiger partial charge in [-0.2, -0.15) is 0 Å². The second-order valence-corrected chi connectivity index (χ2v) is 4.21. The average Bonchev–Trinajstić information content (AvgIpc) is 2.29. The lowest BCUT2D eigenvalue weighted by molar-refractivity contribution is 0.855. The van der Waals surface area contributed by atoms with Crippen LogP contribution in [0.2, 0.25) is 0 Å². The lowest BCUT2D eigenvalue weighted by Crippen LogP contribution is -1.99. The van der Waals surface area contributed by atoms with Gasteiger partial charge in [0.2, 0.25) is 0 Å². The van der Waals surface area contributed by atoms with Crippen LogP contribution in [0.15, 0.2) is 47.3 Å². The van der Waals surface area contributed by atoms with Crippen molar-refractivity contribution in [3.05, 3.63) is 58.6 Å². The molecule has 76 valence electrons. The van der Waals surface area contributed by atoms with Crippen LogP contribution >= 0.6 is 15.9 Å². The summed E-state index contributed by atoms with van der Waals surface area (Å²) in [4.78, 5) is 8.30. The van der Waals surface area contributed by atoms with Crippen LogP contribution in [-0.2, 0) is 0 Å². The van der Waals surface area contributed by atoms with Crippen LogP contribution in [0.4, 0.5) is 0 Å². The third-order valence-corrected chi connectivity index (χ3v) is 2.83. The Morgan fingerprint density at radius 1 is 1.13 bits per heavy atom. The van der Waals surface area contributed by atoms with Crippen LogP contribution < -0.4 is 0 Å². The van der Waals surface area contributed by atoms with Gasteiger partial charge in [0.1, 0.15) is 10.9 Å². The number of halogens is 1. The van der Waals surface area contributed by atoms with Crippen molar-refractivity contribution >= 4 is 15.9 Å². The quantitative estimate of drug-likeness (QED) is 0.776. The molecule has 0 radical (unpaired) electrons. The number of nitrogens with zero attached hydrogens (tertiary/aromatic N) is 2. The van der Waals surface area contributed by atoms with Crippen LogP contribution in [0, 0.1) is 0 Å². The van der Waals surface area contributed by atoms with Crippen LogP contribution in [-0.4, -0.2) is 9.97 Å². The minimum Gasteiger partial charge on any atom is -0.241 e. The van der Waals surface area contributed by atoms with Crippen molar-refractivity contribution in [3.8, 4) is 0 Å². The molecule has 1 aromatic heterocycles. The maximum atomic E-state index is 4.27. The molecule has 3 heteroatoms. The van der Waals surface area contributed by atoms with Gasteiger partial charge in [-0.3, -0.25) is 0 Å². The molecule has 0 saturated heterocycles. The van der Waals surface area contributed by atoms with E-state index in [2.05, 4.69) is 45.0 Å². The molecule has 15 heavy (non-hydrogen) atoms. The molecule has 0 N–H and O–H groups in total. The summed E-state index contributed by atoms with van der Waals surface area (Å²) in [6.07, 6.45) is 1.58. The average molecular weight is 263 g/mol. The van der Waals surface area contributed by atoms with Gasteiger partial charge >= 0.3 is 0 Å². The summed E-state index contributed by atoms with van der Waals surface area (Å²) in [5, 5.41) is 0. The van der Waals surface area contributed by atoms with Gasteiger partial charge in [-0.1, -0.05) is 37.3 Å². The van der Waals surface area contributed by atoms with Crippen LogP contribution in [0.25, 0.3) is 0 Å². The van der Waals surface area contributed by atoms with E-state index in [1.807, 2.05) is 24.3 Å². The van der Waals surface area contributed by atoms with Crippen LogP contribution in [0.3, 0.4) is 0 Å². The fourth-order valence-electron chi connectivity index (χ4n) is 1.50. The van der Waals surface area contributed by atoms with Crippen molar-refractivity contribution in [1.82, 2.24) is 9.97 Å². The van der Waals surface area contributed by atoms with E-state index in [0.717, 1.165) is 10.3 Å². The molecule has 0 fully saturated rings. The van der Waals surface area contributed by atoms with Gasteiger partial charge in [0.05, 0.1) is 5.69 Å². The summed E-state index contributed by atoms with van der Waals surface area (Å²) >= 11 is 3.35. The first kappa shape index (κ1) is 10.3.